The molecule has 0 saturated carbocycles. The summed E-state index contributed by atoms with van der Waals surface area (Å²) in [6.07, 6.45) is -0.236. The summed E-state index contributed by atoms with van der Waals surface area (Å²) in [5.74, 6) is -0.269. The molecule has 1 heterocycles. The average molecular weight is 314 g/mol. The standard InChI is InChI=1S/C14H16ClNO5/c1-8(14(16)18)21-12(17)7-9-5-10(15)13-11(6-9)19-3-2-4-20-13/h5-6,8H,2-4,7H2,1H3,(H2,16,18). The summed E-state index contributed by atoms with van der Waals surface area (Å²) in [6.45, 7) is 2.47. The molecule has 1 aliphatic heterocycles. The number of fused-ring (bicyclic) bond motifs is 1. The van der Waals surface area contributed by atoms with E-state index in [0.29, 0.717) is 35.3 Å². The molecule has 1 aromatic rings. The Kier molecular flexibility index (Phi) is 4.90. The highest BCUT2D eigenvalue weighted by atomic mass is 35.5. The summed E-state index contributed by atoms with van der Waals surface area (Å²) in [6, 6.07) is 3.30. The van der Waals surface area contributed by atoms with E-state index >= 15 is 0 Å². The molecule has 1 aliphatic rings. The topological polar surface area (TPSA) is 87.8 Å². The lowest BCUT2D eigenvalue weighted by atomic mass is 10.1. The zero-order valence-corrected chi connectivity index (χ0v) is 12.3. The van der Waals surface area contributed by atoms with Crippen molar-refractivity contribution < 1.29 is 23.8 Å². The van der Waals surface area contributed by atoms with E-state index in [2.05, 4.69) is 0 Å². The number of nitrogens with two attached hydrogens (primary N) is 1. The lowest BCUT2D eigenvalue weighted by molar-refractivity contribution is -0.153. The molecule has 0 radical (unpaired) electrons. The van der Waals surface area contributed by atoms with Crippen LogP contribution in [0, 0.1) is 0 Å². The predicted molar refractivity (Wildman–Crippen MR) is 75.5 cm³/mol. The molecule has 0 aromatic heterocycles. The van der Waals surface area contributed by atoms with Gasteiger partial charge >= 0.3 is 5.97 Å². The Morgan fingerprint density at radius 2 is 2.10 bits per heavy atom. The van der Waals surface area contributed by atoms with Crippen molar-refractivity contribution in [3.8, 4) is 11.5 Å². The third kappa shape index (κ3) is 4.01. The molecule has 1 atom stereocenters. The van der Waals surface area contributed by atoms with Crippen molar-refractivity contribution in [1.29, 1.82) is 0 Å². The fourth-order valence-electron chi connectivity index (χ4n) is 1.85. The second-order valence-corrected chi connectivity index (χ2v) is 5.07. The van der Waals surface area contributed by atoms with Gasteiger partial charge in [-0.3, -0.25) is 9.59 Å². The summed E-state index contributed by atoms with van der Waals surface area (Å²) in [5.41, 5.74) is 5.65. The van der Waals surface area contributed by atoms with Gasteiger partial charge in [-0.15, -0.1) is 0 Å². The molecule has 1 amide bonds. The van der Waals surface area contributed by atoms with E-state index in [1.165, 1.54) is 6.92 Å². The van der Waals surface area contributed by atoms with Crippen LogP contribution in [0.15, 0.2) is 12.1 Å². The molecule has 0 spiro atoms. The number of hydrogen-bond donors (Lipinski definition) is 1. The van der Waals surface area contributed by atoms with Crippen molar-refractivity contribution >= 4 is 23.5 Å². The van der Waals surface area contributed by atoms with Crippen LogP contribution in [-0.4, -0.2) is 31.2 Å². The van der Waals surface area contributed by atoms with Crippen molar-refractivity contribution in [1.82, 2.24) is 0 Å². The van der Waals surface area contributed by atoms with Gasteiger partial charge in [-0.05, 0) is 24.6 Å². The minimum absolute atomic E-state index is 0.0337. The number of ether oxygens (including phenoxy) is 3. The number of hydrogen-bond acceptors (Lipinski definition) is 5. The Bertz CT molecular complexity index is 561. The van der Waals surface area contributed by atoms with Gasteiger partial charge in [0.1, 0.15) is 0 Å². The molecule has 114 valence electrons. The first kappa shape index (κ1) is 15.4. The highest BCUT2D eigenvalue weighted by molar-refractivity contribution is 6.32. The second-order valence-electron chi connectivity index (χ2n) is 4.67. The van der Waals surface area contributed by atoms with Crippen LogP contribution in [-0.2, 0) is 20.7 Å². The highest BCUT2D eigenvalue weighted by Crippen LogP contribution is 2.38. The normalized spacial score (nSPS) is 15.0. The maximum atomic E-state index is 11.7. The molecule has 0 saturated heterocycles. The van der Waals surface area contributed by atoms with Crippen LogP contribution in [0.3, 0.4) is 0 Å². The molecular weight excluding hydrogens is 298 g/mol. The van der Waals surface area contributed by atoms with E-state index in [1.54, 1.807) is 12.1 Å². The number of rotatable bonds is 4. The van der Waals surface area contributed by atoms with E-state index in [1.807, 2.05) is 0 Å². The maximum absolute atomic E-state index is 11.7. The zero-order chi connectivity index (χ0) is 15.4. The number of halogens is 1. The van der Waals surface area contributed by atoms with E-state index in [-0.39, 0.29) is 6.42 Å². The molecule has 0 aliphatic carbocycles. The van der Waals surface area contributed by atoms with Gasteiger partial charge in [0.25, 0.3) is 5.91 Å². The Hall–Kier alpha value is -1.95. The number of amides is 1. The Morgan fingerprint density at radius 3 is 2.81 bits per heavy atom. The maximum Gasteiger partial charge on any atom is 0.311 e. The number of carbonyl (C=O) groups excluding carboxylic acids is 2. The SMILES string of the molecule is CC(OC(=O)Cc1cc(Cl)c2c(c1)OCCCO2)C(N)=O. The summed E-state index contributed by atoms with van der Waals surface area (Å²) in [5, 5.41) is 0.375. The molecule has 2 rings (SSSR count). The molecule has 2 N–H and O–H groups in total. The first-order valence-corrected chi connectivity index (χ1v) is 6.92. The Balaban J connectivity index is 2.10. The van der Waals surface area contributed by atoms with Gasteiger partial charge in [-0.1, -0.05) is 11.6 Å². The number of benzene rings is 1. The fourth-order valence-corrected chi connectivity index (χ4v) is 2.14. The van der Waals surface area contributed by atoms with Crippen molar-refractivity contribution in [2.75, 3.05) is 13.2 Å². The van der Waals surface area contributed by atoms with Crippen molar-refractivity contribution in [2.45, 2.75) is 25.9 Å². The molecule has 21 heavy (non-hydrogen) atoms. The fraction of sp³-hybridized carbons (Fsp3) is 0.429. The monoisotopic (exact) mass is 313 g/mol. The smallest absolute Gasteiger partial charge is 0.311 e. The van der Waals surface area contributed by atoms with Gasteiger partial charge in [0.15, 0.2) is 17.6 Å². The van der Waals surface area contributed by atoms with Gasteiger partial charge in [0.2, 0.25) is 0 Å². The van der Waals surface area contributed by atoms with Crippen LogP contribution in [0.5, 0.6) is 11.5 Å². The average Bonchev–Trinajstić information content (AvgIpc) is 2.63. The molecule has 7 heteroatoms. The molecule has 1 unspecified atom stereocenters. The van der Waals surface area contributed by atoms with Gasteiger partial charge in [0.05, 0.1) is 24.7 Å². The number of esters is 1. The molecule has 0 bridgehead atoms. The van der Waals surface area contributed by atoms with Crippen molar-refractivity contribution in [2.24, 2.45) is 5.73 Å². The second kappa shape index (κ2) is 6.67. The summed E-state index contributed by atoms with van der Waals surface area (Å²) in [4.78, 5) is 22.6. The third-order valence-corrected chi connectivity index (χ3v) is 3.20. The minimum Gasteiger partial charge on any atom is -0.489 e. The molecular formula is C14H16ClNO5. The molecule has 1 aromatic carbocycles. The van der Waals surface area contributed by atoms with Gasteiger partial charge < -0.3 is 19.9 Å². The predicted octanol–water partition coefficient (Wildman–Crippen LogP) is 1.46. The van der Waals surface area contributed by atoms with Crippen molar-refractivity contribution in [3.05, 3.63) is 22.7 Å². The minimum atomic E-state index is -0.964. The lowest BCUT2D eigenvalue weighted by Crippen LogP contribution is -2.30. The highest BCUT2D eigenvalue weighted by Gasteiger charge is 2.19. The van der Waals surface area contributed by atoms with Gasteiger partial charge in [-0.25, -0.2) is 0 Å². The largest absolute Gasteiger partial charge is 0.489 e. The van der Waals surface area contributed by atoms with Crippen LogP contribution in [0.25, 0.3) is 0 Å². The Morgan fingerprint density at radius 1 is 1.38 bits per heavy atom. The van der Waals surface area contributed by atoms with Crippen LogP contribution in [0.4, 0.5) is 0 Å². The zero-order valence-electron chi connectivity index (χ0n) is 11.6. The third-order valence-electron chi connectivity index (χ3n) is 2.92. The van der Waals surface area contributed by atoms with Crippen molar-refractivity contribution in [3.63, 3.8) is 0 Å². The molecule has 6 nitrogen and oxygen atoms in total. The first-order valence-electron chi connectivity index (χ1n) is 6.54. The quantitative estimate of drug-likeness (QED) is 0.850. The van der Waals surface area contributed by atoms with Crippen LogP contribution in [0.2, 0.25) is 5.02 Å². The van der Waals surface area contributed by atoms with E-state index in [9.17, 15) is 9.59 Å². The van der Waals surface area contributed by atoms with Gasteiger partial charge in [0, 0.05) is 6.42 Å². The van der Waals surface area contributed by atoms with Crippen LogP contribution < -0.4 is 15.2 Å². The lowest BCUT2D eigenvalue weighted by Gasteiger charge is -2.12. The van der Waals surface area contributed by atoms with E-state index in [0.717, 1.165) is 6.42 Å². The van der Waals surface area contributed by atoms with Crippen LogP contribution >= 0.6 is 11.6 Å². The molecule has 0 fully saturated rings. The van der Waals surface area contributed by atoms with E-state index in [4.69, 9.17) is 31.5 Å². The summed E-state index contributed by atoms with van der Waals surface area (Å²) in [7, 11) is 0. The number of carbonyl (C=O) groups is 2. The first-order chi connectivity index (χ1) is 9.97. The van der Waals surface area contributed by atoms with E-state index < -0.39 is 18.0 Å². The summed E-state index contributed by atoms with van der Waals surface area (Å²) >= 11 is 6.13. The Labute approximate surface area is 127 Å². The van der Waals surface area contributed by atoms with Gasteiger partial charge in [-0.2, -0.15) is 0 Å². The van der Waals surface area contributed by atoms with Crippen LogP contribution in [0.1, 0.15) is 18.9 Å². The summed E-state index contributed by atoms with van der Waals surface area (Å²) < 4.78 is 15.9. The number of primary amides is 1.